The van der Waals surface area contributed by atoms with Crippen LogP contribution in [0.1, 0.15) is 40.1 Å². The molecule has 0 bridgehead atoms. The first-order valence-electron chi connectivity index (χ1n) is 8.21. The number of rotatable bonds is 8. The number of carbonyl (C=O) groups excluding carboxylic acids is 2. The number of hydrogen-bond acceptors (Lipinski definition) is 5. The molecule has 0 spiro atoms. The molecule has 0 aliphatic rings. The summed E-state index contributed by atoms with van der Waals surface area (Å²) in [6, 6.07) is 13.4. The van der Waals surface area contributed by atoms with Crippen LogP contribution in [-0.4, -0.2) is 35.7 Å². The summed E-state index contributed by atoms with van der Waals surface area (Å²) in [4.78, 5) is 23.8. The van der Waals surface area contributed by atoms with Gasteiger partial charge in [-0.3, -0.25) is 4.79 Å². The fraction of sp³-hybridized carbons (Fsp3) is 0.238. The number of carbonyl (C=O) groups is 2. The van der Waals surface area contributed by atoms with Crippen LogP contribution in [0.2, 0.25) is 0 Å². The van der Waals surface area contributed by atoms with Gasteiger partial charge in [0.05, 0.1) is 5.56 Å². The molecule has 2 rings (SSSR count). The monoisotopic (exact) mass is 354 g/mol. The summed E-state index contributed by atoms with van der Waals surface area (Å²) in [5.74, 6) is -0.237. The van der Waals surface area contributed by atoms with Gasteiger partial charge in [-0.2, -0.15) is 0 Å². The van der Waals surface area contributed by atoms with Crippen molar-refractivity contribution in [3.63, 3.8) is 0 Å². The third-order valence-electron chi connectivity index (χ3n) is 3.64. The Hall–Kier alpha value is -2.92. The molecule has 0 aromatic heterocycles. The lowest BCUT2D eigenvalue weighted by Crippen LogP contribution is -2.30. The van der Waals surface area contributed by atoms with E-state index in [2.05, 4.69) is 6.58 Å². The van der Waals surface area contributed by atoms with Gasteiger partial charge in [0.15, 0.2) is 5.78 Å². The second-order valence-corrected chi connectivity index (χ2v) is 6.22. The zero-order chi connectivity index (χ0) is 19.2. The first-order chi connectivity index (χ1) is 12.3. The molecule has 0 aliphatic heterocycles. The molecule has 2 aromatic rings. The van der Waals surface area contributed by atoms with Crippen molar-refractivity contribution in [2.45, 2.75) is 19.4 Å². The molecule has 2 aromatic carbocycles. The van der Waals surface area contributed by atoms with E-state index in [0.29, 0.717) is 16.9 Å². The number of ether oxygens (including phenoxy) is 2. The highest BCUT2D eigenvalue weighted by Gasteiger charge is 2.24. The number of aliphatic hydroxyl groups is 1. The number of ketones is 1. The summed E-state index contributed by atoms with van der Waals surface area (Å²) in [6.45, 7) is 6.84. The Kier molecular flexibility index (Phi) is 6.31. The maximum atomic E-state index is 11.9. The number of Topliss-reactive ketones (excluding diaryl/α,β-unsaturated/α-hetero) is 1. The van der Waals surface area contributed by atoms with Crippen molar-refractivity contribution < 1.29 is 24.2 Å². The summed E-state index contributed by atoms with van der Waals surface area (Å²) in [5, 5.41) is 9.72. The van der Waals surface area contributed by atoms with Crippen molar-refractivity contribution in [1.29, 1.82) is 0 Å². The van der Waals surface area contributed by atoms with Crippen LogP contribution in [-0.2, 0) is 4.74 Å². The zero-order valence-electron chi connectivity index (χ0n) is 14.9. The van der Waals surface area contributed by atoms with E-state index in [4.69, 9.17) is 9.47 Å². The quantitative estimate of drug-likeness (QED) is 0.446. The largest absolute Gasteiger partial charge is 0.490 e. The summed E-state index contributed by atoms with van der Waals surface area (Å²) in [6.07, 6.45) is 1.70. The lowest BCUT2D eigenvalue weighted by atomic mass is 9.97. The SMILES string of the molecule is C=Cc1ccc(C(=O)OCCOc2ccc(C(=O)C(C)(C)O)cc2)cc1. The molecule has 0 amide bonds. The van der Waals surface area contributed by atoms with Crippen molar-refractivity contribution in [3.05, 3.63) is 71.8 Å². The fourth-order valence-corrected chi connectivity index (χ4v) is 2.19. The summed E-state index contributed by atoms with van der Waals surface area (Å²) >= 11 is 0. The molecular formula is C21H22O5. The average molecular weight is 354 g/mol. The third kappa shape index (κ3) is 5.29. The Morgan fingerprint density at radius 1 is 1.00 bits per heavy atom. The van der Waals surface area contributed by atoms with E-state index in [0.717, 1.165) is 5.56 Å². The van der Waals surface area contributed by atoms with Crippen molar-refractivity contribution in [2.24, 2.45) is 0 Å². The number of benzene rings is 2. The van der Waals surface area contributed by atoms with Crippen molar-refractivity contribution in [1.82, 2.24) is 0 Å². The highest BCUT2D eigenvalue weighted by Crippen LogP contribution is 2.17. The van der Waals surface area contributed by atoms with E-state index in [1.165, 1.54) is 13.8 Å². The number of esters is 1. The molecule has 1 N–H and O–H groups in total. The normalized spacial score (nSPS) is 10.9. The van der Waals surface area contributed by atoms with Crippen molar-refractivity contribution >= 4 is 17.8 Å². The van der Waals surface area contributed by atoms with Gasteiger partial charge in [0.25, 0.3) is 0 Å². The Morgan fingerprint density at radius 2 is 1.58 bits per heavy atom. The minimum Gasteiger partial charge on any atom is -0.490 e. The van der Waals surface area contributed by atoms with E-state index < -0.39 is 11.6 Å². The minimum atomic E-state index is -1.42. The fourth-order valence-electron chi connectivity index (χ4n) is 2.19. The highest BCUT2D eigenvalue weighted by molar-refractivity contribution is 6.01. The van der Waals surface area contributed by atoms with Crippen LogP contribution >= 0.6 is 0 Å². The van der Waals surface area contributed by atoms with Crippen LogP contribution in [0, 0.1) is 0 Å². The first kappa shape index (κ1) is 19.4. The maximum Gasteiger partial charge on any atom is 0.338 e. The molecule has 5 nitrogen and oxygen atoms in total. The molecule has 26 heavy (non-hydrogen) atoms. The third-order valence-corrected chi connectivity index (χ3v) is 3.64. The van der Waals surface area contributed by atoms with Gasteiger partial charge >= 0.3 is 5.97 Å². The summed E-state index contributed by atoms with van der Waals surface area (Å²) in [5.41, 5.74) is 0.376. The Bertz CT molecular complexity index is 768. The van der Waals surface area contributed by atoms with Crippen LogP contribution in [0.4, 0.5) is 0 Å². The van der Waals surface area contributed by atoms with Crippen LogP contribution in [0.5, 0.6) is 5.75 Å². The van der Waals surface area contributed by atoms with E-state index >= 15 is 0 Å². The predicted octanol–water partition coefficient (Wildman–Crippen LogP) is 3.52. The van der Waals surface area contributed by atoms with Crippen LogP contribution in [0.25, 0.3) is 6.08 Å². The van der Waals surface area contributed by atoms with Crippen LogP contribution in [0.3, 0.4) is 0 Å². The Morgan fingerprint density at radius 3 is 2.12 bits per heavy atom. The second-order valence-electron chi connectivity index (χ2n) is 6.22. The van der Waals surface area contributed by atoms with E-state index in [1.54, 1.807) is 54.6 Å². The standard InChI is InChI=1S/C21H22O5/c1-4-15-5-7-17(8-6-15)20(23)26-14-13-25-18-11-9-16(10-12-18)19(22)21(2,3)24/h4-12,24H,1,13-14H2,2-3H3. The van der Waals surface area contributed by atoms with Gasteiger partial charge in [-0.05, 0) is 55.8 Å². The molecule has 0 fully saturated rings. The van der Waals surface area contributed by atoms with E-state index in [9.17, 15) is 14.7 Å². The Labute approximate surface area is 152 Å². The van der Waals surface area contributed by atoms with Gasteiger partial charge in [0, 0.05) is 5.56 Å². The smallest absolute Gasteiger partial charge is 0.338 e. The maximum absolute atomic E-state index is 11.9. The average Bonchev–Trinajstić information content (AvgIpc) is 2.64. The number of hydrogen-bond donors (Lipinski definition) is 1. The van der Waals surface area contributed by atoms with Gasteiger partial charge in [-0.1, -0.05) is 24.8 Å². The Balaban J connectivity index is 1.79. The molecule has 0 aliphatic carbocycles. The highest BCUT2D eigenvalue weighted by atomic mass is 16.6. The molecule has 0 atom stereocenters. The zero-order valence-corrected chi connectivity index (χ0v) is 14.9. The van der Waals surface area contributed by atoms with E-state index in [-0.39, 0.29) is 19.0 Å². The van der Waals surface area contributed by atoms with Gasteiger partial charge in [-0.15, -0.1) is 0 Å². The van der Waals surface area contributed by atoms with Crippen molar-refractivity contribution in [3.8, 4) is 5.75 Å². The molecule has 136 valence electrons. The second kappa shape index (κ2) is 8.45. The minimum absolute atomic E-state index is 0.104. The lowest BCUT2D eigenvalue weighted by Gasteiger charge is -2.15. The molecule has 0 radical (unpaired) electrons. The molecule has 5 heteroatoms. The van der Waals surface area contributed by atoms with Gasteiger partial charge in [0.2, 0.25) is 0 Å². The first-order valence-corrected chi connectivity index (χ1v) is 8.21. The summed E-state index contributed by atoms with van der Waals surface area (Å²) in [7, 11) is 0. The van der Waals surface area contributed by atoms with Crippen LogP contribution < -0.4 is 4.74 Å². The van der Waals surface area contributed by atoms with Gasteiger partial charge in [0.1, 0.15) is 24.6 Å². The topological polar surface area (TPSA) is 72.8 Å². The van der Waals surface area contributed by atoms with Gasteiger partial charge in [-0.25, -0.2) is 4.79 Å². The molecule has 0 unspecified atom stereocenters. The van der Waals surface area contributed by atoms with E-state index in [1.807, 2.05) is 0 Å². The summed E-state index contributed by atoms with van der Waals surface area (Å²) < 4.78 is 10.6. The van der Waals surface area contributed by atoms with Gasteiger partial charge < -0.3 is 14.6 Å². The van der Waals surface area contributed by atoms with Crippen LogP contribution in [0.15, 0.2) is 55.1 Å². The molecule has 0 saturated heterocycles. The molecule has 0 heterocycles. The predicted molar refractivity (Wildman–Crippen MR) is 99.4 cm³/mol. The molecular weight excluding hydrogens is 332 g/mol. The van der Waals surface area contributed by atoms with Crippen molar-refractivity contribution in [2.75, 3.05) is 13.2 Å². The molecule has 0 saturated carbocycles. The lowest BCUT2D eigenvalue weighted by molar-refractivity contribution is 0.0449.